The molecule has 0 saturated carbocycles. The van der Waals surface area contributed by atoms with Crippen LogP contribution in [0.1, 0.15) is 42.7 Å². The van der Waals surface area contributed by atoms with Crippen molar-refractivity contribution in [1.29, 1.82) is 0 Å². The van der Waals surface area contributed by atoms with Gasteiger partial charge in [0.1, 0.15) is 5.60 Å². The van der Waals surface area contributed by atoms with E-state index in [-0.39, 0.29) is 18.0 Å². The molecule has 21 heavy (non-hydrogen) atoms. The van der Waals surface area contributed by atoms with Gasteiger partial charge in [0.15, 0.2) is 0 Å². The standard InChI is InChI=1S/C16H20N2O3/c1-16(2,3)21-15(20)17-8-9-18-13(10-17)11-6-4-5-7-12(11)14(18)19/h4-7,13H,8-10H2,1-3H3. The Bertz CT molecular complexity index is 591. The van der Waals surface area contributed by atoms with Crippen molar-refractivity contribution in [2.75, 3.05) is 19.6 Å². The van der Waals surface area contributed by atoms with E-state index >= 15 is 0 Å². The topological polar surface area (TPSA) is 49.9 Å². The molecule has 5 heteroatoms. The van der Waals surface area contributed by atoms with E-state index in [0.29, 0.717) is 19.6 Å². The molecule has 1 saturated heterocycles. The van der Waals surface area contributed by atoms with Gasteiger partial charge in [0.2, 0.25) is 0 Å². The summed E-state index contributed by atoms with van der Waals surface area (Å²) in [4.78, 5) is 28.1. The minimum atomic E-state index is -0.502. The summed E-state index contributed by atoms with van der Waals surface area (Å²) in [7, 11) is 0. The molecule has 0 aromatic heterocycles. The fourth-order valence-electron chi connectivity index (χ4n) is 2.92. The van der Waals surface area contributed by atoms with Crippen LogP contribution in [0.2, 0.25) is 0 Å². The normalized spacial score (nSPS) is 21.1. The molecule has 0 bridgehead atoms. The fraction of sp³-hybridized carbons (Fsp3) is 0.500. The Kier molecular flexibility index (Phi) is 3.15. The zero-order valence-electron chi connectivity index (χ0n) is 12.6. The summed E-state index contributed by atoms with van der Waals surface area (Å²) in [5, 5.41) is 0. The van der Waals surface area contributed by atoms with Crippen LogP contribution in [0.3, 0.4) is 0 Å². The first kappa shape index (κ1) is 13.9. The fourth-order valence-corrected chi connectivity index (χ4v) is 2.92. The molecule has 1 aromatic carbocycles. The molecule has 1 unspecified atom stereocenters. The monoisotopic (exact) mass is 288 g/mol. The van der Waals surface area contributed by atoms with Crippen LogP contribution in [0.4, 0.5) is 4.79 Å². The summed E-state index contributed by atoms with van der Waals surface area (Å²) in [6.07, 6.45) is -0.306. The maximum absolute atomic E-state index is 12.3. The number of fused-ring (bicyclic) bond motifs is 3. The van der Waals surface area contributed by atoms with Crippen LogP contribution < -0.4 is 0 Å². The summed E-state index contributed by atoms with van der Waals surface area (Å²) < 4.78 is 5.42. The highest BCUT2D eigenvalue weighted by molar-refractivity contribution is 5.99. The van der Waals surface area contributed by atoms with Gasteiger partial charge in [-0.15, -0.1) is 0 Å². The van der Waals surface area contributed by atoms with E-state index in [1.165, 1.54) is 0 Å². The lowest BCUT2D eigenvalue weighted by Gasteiger charge is -2.38. The first-order chi connectivity index (χ1) is 9.87. The van der Waals surface area contributed by atoms with Crippen LogP contribution >= 0.6 is 0 Å². The first-order valence-electron chi connectivity index (χ1n) is 7.24. The number of hydrogen-bond donors (Lipinski definition) is 0. The Morgan fingerprint density at radius 2 is 1.95 bits per heavy atom. The average molecular weight is 288 g/mol. The summed E-state index contributed by atoms with van der Waals surface area (Å²) >= 11 is 0. The van der Waals surface area contributed by atoms with Crippen molar-refractivity contribution in [3.8, 4) is 0 Å². The van der Waals surface area contributed by atoms with Gasteiger partial charge in [0, 0.05) is 25.2 Å². The van der Waals surface area contributed by atoms with E-state index < -0.39 is 5.60 Å². The molecule has 5 nitrogen and oxygen atoms in total. The smallest absolute Gasteiger partial charge is 0.410 e. The zero-order chi connectivity index (χ0) is 15.2. The van der Waals surface area contributed by atoms with E-state index in [9.17, 15) is 9.59 Å². The van der Waals surface area contributed by atoms with E-state index in [4.69, 9.17) is 4.74 Å². The molecule has 1 aromatic rings. The molecule has 1 fully saturated rings. The Morgan fingerprint density at radius 3 is 2.67 bits per heavy atom. The maximum atomic E-state index is 12.3. The van der Waals surface area contributed by atoms with Crippen molar-refractivity contribution in [2.45, 2.75) is 32.4 Å². The molecular formula is C16H20N2O3. The molecule has 0 N–H and O–H groups in total. The highest BCUT2D eigenvalue weighted by Gasteiger charge is 2.41. The van der Waals surface area contributed by atoms with Crippen LogP contribution in [-0.4, -0.2) is 47.0 Å². The van der Waals surface area contributed by atoms with E-state index in [1.54, 1.807) is 4.90 Å². The molecule has 1 atom stereocenters. The number of rotatable bonds is 0. The number of amides is 2. The molecule has 2 aliphatic rings. The second kappa shape index (κ2) is 4.76. The predicted molar refractivity (Wildman–Crippen MR) is 78.0 cm³/mol. The van der Waals surface area contributed by atoms with Gasteiger partial charge in [-0.05, 0) is 32.4 Å². The van der Waals surface area contributed by atoms with Crippen molar-refractivity contribution in [3.63, 3.8) is 0 Å². The third kappa shape index (κ3) is 2.48. The highest BCUT2D eigenvalue weighted by atomic mass is 16.6. The van der Waals surface area contributed by atoms with E-state index in [1.807, 2.05) is 49.9 Å². The SMILES string of the molecule is CC(C)(C)OC(=O)N1CCN2C(=O)c3ccccc3C2C1. The van der Waals surface area contributed by atoms with Crippen molar-refractivity contribution in [3.05, 3.63) is 35.4 Å². The lowest BCUT2D eigenvalue weighted by molar-refractivity contribution is 0.00657. The molecule has 2 heterocycles. The lowest BCUT2D eigenvalue weighted by atomic mass is 10.0. The molecule has 0 radical (unpaired) electrons. The number of hydrogen-bond acceptors (Lipinski definition) is 3. The minimum absolute atomic E-state index is 0.0463. The Morgan fingerprint density at radius 1 is 1.24 bits per heavy atom. The number of nitrogens with zero attached hydrogens (tertiary/aromatic N) is 2. The van der Waals surface area contributed by atoms with E-state index in [2.05, 4.69) is 0 Å². The Balaban J connectivity index is 1.79. The third-order valence-corrected chi connectivity index (χ3v) is 3.84. The molecule has 2 aliphatic heterocycles. The molecule has 3 rings (SSSR count). The van der Waals surface area contributed by atoms with Gasteiger partial charge in [-0.3, -0.25) is 4.79 Å². The van der Waals surface area contributed by atoms with Crippen molar-refractivity contribution >= 4 is 12.0 Å². The molecule has 112 valence electrons. The number of carbonyl (C=O) groups is 2. The van der Waals surface area contributed by atoms with E-state index in [0.717, 1.165) is 11.1 Å². The zero-order valence-corrected chi connectivity index (χ0v) is 12.6. The molecule has 0 spiro atoms. The number of piperazine rings is 1. The Hall–Kier alpha value is -2.04. The lowest BCUT2D eigenvalue weighted by Crippen LogP contribution is -2.50. The van der Waals surface area contributed by atoms with Crippen LogP contribution in [-0.2, 0) is 4.74 Å². The quantitative estimate of drug-likeness (QED) is 0.736. The van der Waals surface area contributed by atoms with Gasteiger partial charge in [0.05, 0.1) is 6.04 Å². The van der Waals surface area contributed by atoms with Crippen LogP contribution in [0, 0.1) is 0 Å². The van der Waals surface area contributed by atoms with Crippen molar-refractivity contribution in [1.82, 2.24) is 9.80 Å². The largest absolute Gasteiger partial charge is 0.444 e. The molecule has 0 aliphatic carbocycles. The van der Waals surface area contributed by atoms with Gasteiger partial charge < -0.3 is 14.5 Å². The summed E-state index contributed by atoms with van der Waals surface area (Å²) in [5.74, 6) is 0.0689. The van der Waals surface area contributed by atoms with Gasteiger partial charge in [0.25, 0.3) is 5.91 Å². The molecule has 2 amide bonds. The van der Waals surface area contributed by atoms with Gasteiger partial charge in [-0.2, -0.15) is 0 Å². The summed E-state index contributed by atoms with van der Waals surface area (Å²) in [6.45, 7) is 7.14. The van der Waals surface area contributed by atoms with Crippen molar-refractivity contribution < 1.29 is 14.3 Å². The highest BCUT2D eigenvalue weighted by Crippen LogP contribution is 2.36. The van der Waals surface area contributed by atoms with Gasteiger partial charge >= 0.3 is 6.09 Å². The number of carbonyl (C=O) groups excluding carboxylic acids is 2. The van der Waals surface area contributed by atoms with Crippen LogP contribution in [0.15, 0.2) is 24.3 Å². The predicted octanol–water partition coefficient (Wildman–Crippen LogP) is 2.43. The van der Waals surface area contributed by atoms with Gasteiger partial charge in [-0.25, -0.2) is 4.79 Å². The second-order valence-electron chi connectivity index (χ2n) is 6.53. The summed E-state index contributed by atoms with van der Waals surface area (Å²) in [5.41, 5.74) is 1.27. The van der Waals surface area contributed by atoms with Crippen LogP contribution in [0.25, 0.3) is 0 Å². The van der Waals surface area contributed by atoms with Crippen molar-refractivity contribution in [2.24, 2.45) is 0 Å². The van der Waals surface area contributed by atoms with Crippen LogP contribution in [0.5, 0.6) is 0 Å². The summed E-state index contributed by atoms with van der Waals surface area (Å²) in [6, 6.07) is 7.59. The second-order valence-corrected chi connectivity index (χ2v) is 6.53. The third-order valence-electron chi connectivity index (χ3n) is 3.84. The molecular weight excluding hydrogens is 268 g/mol. The minimum Gasteiger partial charge on any atom is -0.444 e. The van der Waals surface area contributed by atoms with Gasteiger partial charge in [-0.1, -0.05) is 18.2 Å². The number of ether oxygens (including phenoxy) is 1. The maximum Gasteiger partial charge on any atom is 0.410 e. The Labute approximate surface area is 124 Å². The first-order valence-corrected chi connectivity index (χ1v) is 7.24. The number of benzene rings is 1. The average Bonchev–Trinajstić information content (AvgIpc) is 2.71.